The van der Waals surface area contributed by atoms with Gasteiger partial charge in [0, 0.05) is 21.9 Å². The molecule has 0 unspecified atom stereocenters. The van der Waals surface area contributed by atoms with Crippen molar-refractivity contribution >= 4 is 54.3 Å². The van der Waals surface area contributed by atoms with Crippen molar-refractivity contribution in [2.24, 2.45) is 0 Å². The summed E-state index contributed by atoms with van der Waals surface area (Å²) in [5, 5.41) is 9.17. The van der Waals surface area contributed by atoms with Crippen LogP contribution in [0.5, 0.6) is 0 Å². The molecule has 0 saturated carbocycles. The lowest BCUT2D eigenvalue weighted by Gasteiger charge is -2.18. The summed E-state index contributed by atoms with van der Waals surface area (Å²) in [5.41, 5.74) is 11.1. The molecule has 4 heteroatoms. The first-order chi connectivity index (χ1) is 30.2. The van der Waals surface area contributed by atoms with E-state index in [0.717, 1.165) is 66.1 Å². The smallest absolute Gasteiger partial charge is 0.167 e. The van der Waals surface area contributed by atoms with Gasteiger partial charge >= 0.3 is 0 Å². The second kappa shape index (κ2) is 14.3. The zero-order chi connectivity index (χ0) is 40.3. The number of hydrogen-bond donors (Lipinski definition) is 0. The molecule has 0 atom stereocenters. The molecule has 0 radical (unpaired) electrons. The van der Waals surface area contributed by atoms with Gasteiger partial charge in [-0.3, -0.25) is 0 Å². The van der Waals surface area contributed by atoms with Crippen LogP contribution in [-0.4, -0.2) is 15.0 Å². The Kier molecular flexibility index (Phi) is 8.13. The van der Waals surface area contributed by atoms with E-state index >= 15 is 0 Å². The van der Waals surface area contributed by atoms with Crippen LogP contribution in [0.1, 0.15) is 0 Å². The minimum Gasteiger partial charge on any atom is -0.455 e. The van der Waals surface area contributed by atoms with E-state index < -0.39 is 0 Å². The number of hydrogen-bond acceptors (Lipinski definition) is 4. The van der Waals surface area contributed by atoms with Crippen molar-refractivity contribution in [2.45, 2.75) is 0 Å². The van der Waals surface area contributed by atoms with Crippen LogP contribution in [-0.2, 0) is 0 Å². The number of aromatic nitrogens is 3. The van der Waals surface area contributed by atoms with Crippen molar-refractivity contribution in [1.29, 1.82) is 0 Å². The zero-order valence-corrected chi connectivity index (χ0v) is 33.0. The molecule has 0 bridgehead atoms. The van der Waals surface area contributed by atoms with Crippen LogP contribution in [0.2, 0.25) is 0 Å². The molecular weight excluding hydrogens is 743 g/mol. The number of nitrogens with zero attached hydrogens (tertiary/aromatic N) is 3. The third-order valence-electron chi connectivity index (χ3n) is 11.9. The van der Waals surface area contributed by atoms with E-state index in [1.807, 2.05) is 24.3 Å². The fourth-order valence-corrected chi connectivity index (χ4v) is 9.13. The van der Waals surface area contributed by atoms with Gasteiger partial charge in [-0.25, -0.2) is 15.0 Å². The van der Waals surface area contributed by atoms with Gasteiger partial charge in [-0.05, 0) is 90.0 Å². The Morgan fingerprint density at radius 3 is 1.52 bits per heavy atom. The second-order valence-electron chi connectivity index (χ2n) is 15.5. The van der Waals surface area contributed by atoms with Crippen LogP contribution in [0.4, 0.5) is 0 Å². The SMILES string of the molecule is c1ccc(-c2c3ccccc3c(-c3ccccc3)c3cc(-c4nc(-c5cccc(-c6cccc7ccccc67)c5)nc(-c5cccc6c5oc5ccccc56)n4)ccc23)cc1. The van der Waals surface area contributed by atoms with E-state index in [0.29, 0.717) is 17.5 Å². The van der Waals surface area contributed by atoms with Gasteiger partial charge in [-0.1, -0.05) is 188 Å². The van der Waals surface area contributed by atoms with Gasteiger partial charge in [-0.2, -0.15) is 0 Å². The summed E-state index contributed by atoms with van der Waals surface area (Å²) in [6.07, 6.45) is 0. The van der Waals surface area contributed by atoms with Crippen molar-refractivity contribution < 1.29 is 4.42 Å². The Bertz CT molecular complexity index is 3640. The van der Waals surface area contributed by atoms with E-state index in [4.69, 9.17) is 19.4 Å². The summed E-state index contributed by atoms with van der Waals surface area (Å²) in [6.45, 7) is 0. The second-order valence-corrected chi connectivity index (χ2v) is 15.5. The zero-order valence-electron chi connectivity index (χ0n) is 33.0. The maximum Gasteiger partial charge on any atom is 0.167 e. The van der Waals surface area contributed by atoms with Crippen LogP contribution < -0.4 is 0 Å². The summed E-state index contributed by atoms with van der Waals surface area (Å²) < 4.78 is 6.57. The highest BCUT2D eigenvalue weighted by molar-refractivity contribution is 6.22. The van der Waals surface area contributed by atoms with Crippen LogP contribution >= 0.6 is 0 Å². The van der Waals surface area contributed by atoms with Crippen molar-refractivity contribution in [2.75, 3.05) is 0 Å². The van der Waals surface area contributed by atoms with Crippen LogP contribution in [0.15, 0.2) is 217 Å². The molecule has 2 heterocycles. The van der Waals surface area contributed by atoms with Crippen molar-refractivity contribution in [3.05, 3.63) is 212 Å². The third kappa shape index (κ3) is 5.88. The van der Waals surface area contributed by atoms with E-state index in [1.54, 1.807) is 0 Å². The highest BCUT2D eigenvalue weighted by Crippen LogP contribution is 2.45. The molecule has 0 aliphatic rings. The first-order valence-electron chi connectivity index (χ1n) is 20.6. The fourth-order valence-electron chi connectivity index (χ4n) is 9.13. The Labute approximate surface area is 352 Å². The predicted molar refractivity (Wildman–Crippen MR) is 252 cm³/mol. The van der Waals surface area contributed by atoms with Crippen LogP contribution in [0, 0.1) is 0 Å². The molecule has 10 aromatic carbocycles. The topological polar surface area (TPSA) is 51.8 Å². The molecule has 2 aromatic heterocycles. The van der Waals surface area contributed by atoms with Gasteiger partial charge in [0.1, 0.15) is 11.2 Å². The van der Waals surface area contributed by atoms with Crippen molar-refractivity contribution in [3.63, 3.8) is 0 Å². The molecule has 61 heavy (non-hydrogen) atoms. The Balaban J connectivity index is 1.13. The summed E-state index contributed by atoms with van der Waals surface area (Å²) in [7, 11) is 0. The number of fused-ring (bicyclic) bond motifs is 6. The first-order valence-corrected chi connectivity index (χ1v) is 20.6. The molecule has 12 aromatic rings. The number of furan rings is 1. The minimum atomic E-state index is 0.548. The highest BCUT2D eigenvalue weighted by Gasteiger charge is 2.21. The van der Waals surface area contributed by atoms with Crippen LogP contribution in [0.25, 0.3) is 122 Å². The molecule has 0 aliphatic heterocycles. The molecule has 0 N–H and O–H groups in total. The molecule has 0 spiro atoms. The molecule has 0 fully saturated rings. The largest absolute Gasteiger partial charge is 0.455 e. The first kappa shape index (κ1) is 34.8. The lowest BCUT2D eigenvalue weighted by atomic mass is 9.85. The van der Waals surface area contributed by atoms with Crippen molar-refractivity contribution in [3.8, 4) is 67.5 Å². The lowest BCUT2D eigenvalue weighted by Crippen LogP contribution is -2.01. The molecule has 0 saturated heterocycles. The van der Waals surface area contributed by atoms with Gasteiger partial charge in [-0.15, -0.1) is 0 Å². The van der Waals surface area contributed by atoms with E-state index in [2.05, 4.69) is 188 Å². The molecular formula is C57H35N3O. The number of para-hydroxylation sites is 2. The Morgan fingerprint density at radius 2 is 0.770 bits per heavy atom. The monoisotopic (exact) mass is 777 g/mol. The number of benzene rings is 10. The van der Waals surface area contributed by atoms with E-state index in [-0.39, 0.29) is 0 Å². The molecule has 284 valence electrons. The Morgan fingerprint density at radius 1 is 0.279 bits per heavy atom. The van der Waals surface area contributed by atoms with E-state index in [9.17, 15) is 0 Å². The van der Waals surface area contributed by atoms with E-state index in [1.165, 1.54) is 38.2 Å². The average molecular weight is 778 g/mol. The highest BCUT2D eigenvalue weighted by atomic mass is 16.3. The molecule has 0 aliphatic carbocycles. The average Bonchev–Trinajstić information content (AvgIpc) is 3.72. The molecule has 12 rings (SSSR count). The summed E-state index contributed by atoms with van der Waals surface area (Å²) in [5.74, 6) is 1.72. The maximum absolute atomic E-state index is 6.57. The number of rotatable bonds is 6. The minimum absolute atomic E-state index is 0.548. The normalized spacial score (nSPS) is 11.6. The lowest BCUT2D eigenvalue weighted by molar-refractivity contribution is 0.669. The summed E-state index contributed by atoms with van der Waals surface area (Å²) >= 11 is 0. The van der Waals surface area contributed by atoms with Crippen LogP contribution in [0.3, 0.4) is 0 Å². The molecule has 4 nitrogen and oxygen atoms in total. The third-order valence-corrected chi connectivity index (χ3v) is 11.9. The van der Waals surface area contributed by atoms with Gasteiger partial charge in [0.25, 0.3) is 0 Å². The van der Waals surface area contributed by atoms with Gasteiger partial charge in [0.2, 0.25) is 0 Å². The standard InChI is InChI=1S/C57H35N3O/c1-3-17-37(18-4-1)52-45-26-9-10-27-46(45)53(38-19-5-2-6-20-38)50-35-41(32-33-47(50)52)56-58-55(40-23-13-22-39(34-40)43-28-14-21-36-16-7-8-24-42(36)43)59-57(60-56)49-30-15-29-48-44-25-11-12-31-51(44)61-54(48)49/h1-35H. The maximum atomic E-state index is 6.57. The summed E-state index contributed by atoms with van der Waals surface area (Å²) in [6, 6.07) is 74.7. The van der Waals surface area contributed by atoms with Crippen molar-refractivity contribution in [1.82, 2.24) is 15.0 Å². The van der Waals surface area contributed by atoms with Gasteiger partial charge in [0.15, 0.2) is 17.5 Å². The fraction of sp³-hybridized carbons (Fsp3) is 0. The molecule has 0 amide bonds. The predicted octanol–water partition coefficient (Wildman–Crippen LogP) is 15.2. The van der Waals surface area contributed by atoms with Gasteiger partial charge in [0.05, 0.1) is 5.56 Å². The van der Waals surface area contributed by atoms with Gasteiger partial charge < -0.3 is 4.42 Å². The Hall–Kier alpha value is -8.21. The summed E-state index contributed by atoms with van der Waals surface area (Å²) in [4.78, 5) is 15.9. The quantitative estimate of drug-likeness (QED) is 0.158.